The highest BCUT2D eigenvalue weighted by Crippen LogP contribution is 2.28. The normalized spacial score (nSPS) is 12.2. The number of aryl methyl sites for hydroxylation is 1. The summed E-state index contributed by atoms with van der Waals surface area (Å²) in [7, 11) is 1.63. The number of pyridine rings is 1. The molecule has 0 bridgehead atoms. The third kappa shape index (κ3) is 3.55. The van der Waals surface area contributed by atoms with Gasteiger partial charge >= 0.3 is 5.97 Å². The maximum Gasteiger partial charge on any atom is 0.323 e. The van der Waals surface area contributed by atoms with E-state index in [1.807, 2.05) is 53.9 Å². The number of nitrogens with zero attached hydrogens (tertiary/aromatic N) is 2. The van der Waals surface area contributed by atoms with Gasteiger partial charge in [-0.1, -0.05) is 12.1 Å². The summed E-state index contributed by atoms with van der Waals surface area (Å²) in [4.78, 5) is 16.8. The Labute approximate surface area is 152 Å². The predicted molar refractivity (Wildman–Crippen MR) is 100 cm³/mol. The van der Waals surface area contributed by atoms with Crippen molar-refractivity contribution >= 4 is 11.6 Å². The highest BCUT2D eigenvalue weighted by Gasteiger charge is 2.22. The standard InChI is InChI=1S/C20H23N3O3/c1-4-26-20(24)16(21)12-17-19(14-6-5-7-15(11-14)25-3)22-18-10-13(2)8-9-23(17)18/h5-11,16H,4,12,21H2,1-3H3. The number of hydrogen-bond donors (Lipinski definition) is 1. The molecule has 0 aliphatic rings. The predicted octanol–water partition coefficient (Wildman–Crippen LogP) is 2.75. The number of benzene rings is 1. The van der Waals surface area contributed by atoms with Crippen LogP contribution in [-0.2, 0) is 16.0 Å². The van der Waals surface area contributed by atoms with Gasteiger partial charge in [0.05, 0.1) is 25.1 Å². The minimum atomic E-state index is -0.750. The molecule has 2 heterocycles. The van der Waals surface area contributed by atoms with Crippen molar-refractivity contribution in [3.63, 3.8) is 0 Å². The van der Waals surface area contributed by atoms with Crippen molar-refractivity contribution in [3.8, 4) is 17.0 Å². The third-order valence-electron chi connectivity index (χ3n) is 4.23. The molecule has 0 saturated carbocycles. The Hall–Kier alpha value is -2.86. The van der Waals surface area contributed by atoms with Crippen LogP contribution in [0.2, 0.25) is 0 Å². The third-order valence-corrected chi connectivity index (χ3v) is 4.23. The molecular weight excluding hydrogens is 330 g/mol. The molecule has 2 N–H and O–H groups in total. The van der Waals surface area contributed by atoms with Crippen LogP contribution in [0.15, 0.2) is 42.6 Å². The number of methoxy groups -OCH3 is 1. The maximum absolute atomic E-state index is 12.0. The second kappa shape index (κ2) is 7.58. The first-order chi connectivity index (χ1) is 12.5. The number of carbonyl (C=O) groups excluding carboxylic acids is 1. The lowest BCUT2D eigenvalue weighted by molar-refractivity contribution is -0.144. The van der Waals surface area contributed by atoms with E-state index >= 15 is 0 Å². The van der Waals surface area contributed by atoms with Gasteiger partial charge in [-0.25, -0.2) is 4.98 Å². The molecule has 3 rings (SSSR count). The van der Waals surface area contributed by atoms with E-state index in [9.17, 15) is 4.79 Å². The second-order valence-corrected chi connectivity index (χ2v) is 6.13. The van der Waals surface area contributed by atoms with E-state index in [2.05, 4.69) is 0 Å². The highest BCUT2D eigenvalue weighted by molar-refractivity contribution is 5.77. The van der Waals surface area contributed by atoms with Crippen LogP contribution in [0.5, 0.6) is 5.75 Å². The SMILES string of the molecule is CCOC(=O)C(N)Cc1c(-c2cccc(OC)c2)nc2cc(C)ccn12. The minimum absolute atomic E-state index is 0.307. The fourth-order valence-corrected chi connectivity index (χ4v) is 2.93. The van der Waals surface area contributed by atoms with Crippen molar-refractivity contribution in [2.45, 2.75) is 26.3 Å². The second-order valence-electron chi connectivity index (χ2n) is 6.13. The fourth-order valence-electron chi connectivity index (χ4n) is 2.93. The van der Waals surface area contributed by atoms with E-state index in [1.54, 1.807) is 14.0 Å². The Bertz CT molecular complexity index is 933. The molecule has 1 atom stereocenters. The molecule has 0 aliphatic carbocycles. The first kappa shape index (κ1) is 17.9. The summed E-state index contributed by atoms with van der Waals surface area (Å²) in [5.41, 5.74) is 10.6. The van der Waals surface area contributed by atoms with E-state index in [0.717, 1.165) is 33.9 Å². The molecule has 0 aliphatic heterocycles. The van der Waals surface area contributed by atoms with E-state index in [4.69, 9.17) is 20.2 Å². The van der Waals surface area contributed by atoms with Gasteiger partial charge in [-0.15, -0.1) is 0 Å². The van der Waals surface area contributed by atoms with Crippen molar-refractivity contribution in [2.24, 2.45) is 5.73 Å². The first-order valence-electron chi connectivity index (χ1n) is 8.57. The maximum atomic E-state index is 12.0. The minimum Gasteiger partial charge on any atom is -0.497 e. The molecule has 1 aromatic carbocycles. The first-order valence-corrected chi connectivity index (χ1v) is 8.57. The molecule has 0 saturated heterocycles. The number of aromatic nitrogens is 2. The highest BCUT2D eigenvalue weighted by atomic mass is 16.5. The lowest BCUT2D eigenvalue weighted by Gasteiger charge is -2.12. The molecule has 136 valence electrons. The number of fused-ring (bicyclic) bond motifs is 1. The molecule has 0 amide bonds. The Morgan fingerprint density at radius 2 is 2.12 bits per heavy atom. The van der Waals surface area contributed by atoms with Gasteiger partial charge in [0.25, 0.3) is 0 Å². The molecule has 0 fully saturated rings. The van der Waals surface area contributed by atoms with Gasteiger partial charge in [0.1, 0.15) is 17.4 Å². The number of rotatable bonds is 6. The zero-order valence-electron chi connectivity index (χ0n) is 15.2. The molecule has 0 radical (unpaired) electrons. The van der Waals surface area contributed by atoms with Crippen molar-refractivity contribution in [1.29, 1.82) is 0 Å². The van der Waals surface area contributed by atoms with Gasteiger partial charge in [-0.2, -0.15) is 0 Å². The van der Waals surface area contributed by atoms with Gasteiger partial charge < -0.3 is 19.6 Å². The summed E-state index contributed by atoms with van der Waals surface area (Å²) in [5.74, 6) is 0.336. The quantitative estimate of drug-likeness (QED) is 0.690. The molecular formula is C20H23N3O3. The van der Waals surface area contributed by atoms with Crippen molar-refractivity contribution in [1.82, 2.24) is 9.38 Å². The average Bonchev–Trinajstić information content (AvgIpc) is 2.99. The molecule has 3 aromatic rings. The Morgan fingerprint density at radius 1 is 1.31 bits per heavy atom. The van der Waals surface area contributed by atoms with Crippen LogP contribution in [0.25, 0.3) is 16.9 Å². The van der Waals surface area contributed by atoms with E-state index < -0.39 is 12.0 Å². The largest absolute Gasteiger partial charge is 0.497 e. The van der Waals surface area contributed by atoms with Crippen LogP contribution in [0.1, 0.15) is 18.2 Å². The summed E-state index contributed by atoms with van der Waals surface area (Å²) in [6, 6.07) is 10.9. The van der Waals surface area contributed by atoms with Crippen molar-refractivity contribution in [3.05, 3.63) is 53.9 Å². The van der Waals surface area contributed by atoms with Gasteiger partial charge in [0.2, 0.25) is 0 Å². The van der Waals surface area contributed by atoms with Crippen LogP contribution >= 0.6 is 0 Å². The fraction of sp³-hybridized carbons (Fsp3) is 0.300. The van der Waals surface area contributed by atoms with Crippen LogP contribution in [0.3, 0.4) is 0 Å². The van der Waals surface area contributed by atoms with Crippen LogP contribution in [-0.4, -0.2) is 35.1 Å². The Balaban J connectivity index is 2.10. The summed E-state index contributed by atoms with van der Waals surface area (Å²) in [5, 5.41) is 0. The van der Waals surface area contributed by atoms with Gasteiger partial charge in [0.15, 0.2) is 0 Å². The monoisotopic (exact) mass is 353 g/mol. The summed E-state index contributed by atoms with van der Waals surface area (Å²) >= 11 is 0. The van der Waals surface area contributed by atoms with E-state index in [1.165, 1.54) is 0 Å². The summed E-state index contributed by atoms with van der Waals surface area (Å²) in [6.07, 6.45) is 2.28. The van der Waals surface area contributed by atoms with Crippen molar-refractivity contribution in [2.75, 3.05) is 13.7 Å². The summed E-state index contributed by atoms with van der Waals surface area (Å²) in [6.45, 7) is 4.09. The van der Waals surface area contributed by atoms with E-state index in [0.29, 0.717) is 13.0 Å². The number of hydrogen-bond acceptors (Lipinski definition) is 5. The van der Waals surface area contributed by atoms with Crippen LogP contribution in [0, 0.1) is 6.92 Å². The molecule has 6 heteroatoms. The number of imidazole rings is 1. The number of nitrogens with two attached hydrogens (primary N) is 1. The molecule has 1 unspecified atom stereocenters. The molecule has 0 spiro atoms. The zero-order chi connectivity index (χ0) is 18.7. The van der Waals surface area contributed by atoms with Crippen LogP contribution in [0.4, 0.5) is 0 Å². The van der Waals surface area contributed by atoms with Crippen molar-refractivity contribution < 1.29 is 14.3 Å². The van der Waals surface area contributed by atoms with Gasteiger partial charge in [0, 0.05) is 18.2 Å². The molecule has 2 aromatic heterocycles. The number of ether oxygens (including phenoxy) is 2. The van der Waals surface area contributed by atoms with Crippen LogP contribution < -0.4 is 10.5 Å². The number of esters is 1. The Kier molecular flexibility index (Phi) is 5.23. The molecule has 6 nitrogen and oxygen atoms in total. The van der Waals surface area contributed by atoms with E-state index in [-0.39, 0.29) is 0 Å². The smallest absolute Gasteiger partial charge is 0.323 e. The zero-order valence-corrected chi connectivity index (χ0v) is 15.2. The lowest BCUT2D eigenvalue weighted by atomic mass is 10.1. The summed E-state index contributed by atoms with van der Waals surface area (Å²) < 4.78 is 12.4. The average molecular weight is 353 g/mol. The Morgan fingerprint density at radius 3 is 2.85 bits per heavy atom. The lowest BCUT2D eigenvalue weighted by Crippen LogP contribution is -2.34. The topological polar surface area (TPSA) is 78.8 Å². The van der Waals surface area contributed by atoms with Gasteiger partial charge in [-0.05, 0) is 43.7 Å². The molecule has 26 heavy (non-hydrogen) atoms. The number of carbonyl (C=O) groups is 1. The van der Waals surface area contributed by atoms with Gasteiger partial charge in [-0.3, -0.25) is 4.79 Å².